The molecule has 0 radical (unpaired) electrons. The molecule has 5 aliphatic rings. The van der Waals surface area contributed by atoms with Gasteiger partial charge in [0.05, 0.1) is 0 Å². The number of hydrogen-bond donors (Lipinski definition) is 4. The number of aliphatic imine (C=N–C) groups is 1. The quantitative estimate of drug-likeness (QED) is 0.0866. The first-order valence-corrected chi connectivity index (χ1v) is 11.7. The second kappa shape index (κ2) is 4.04. The number of ether oxygens (including phenoxy) is 1. The van der Waals surface area contributed by atoms with Gasteiger partial charge in [0.2, 0.25) is 0 Å². The van der Waals surface area contributed by atoms with Crippen LogP contribution < -0.4 is 12.8 Å². The first-order valence-electron chi connectivity index (χ1n) is 7.43. The number of nitrogens with one attached hydrogen (secondary N) is 3. The second-order valence-electron chi connectivity index (χ2n) is 6.98. The van der Waals surface area contributed by atoms with Gasteiger partial charge in [0.15, 0.2) is 0 Å². The molecule has 0 aromatic rings. The number of nitrogens with two attached hydrogens (primary N) is 1. The van der Waals surface area contributed by atoms with Crippen LogP contribution >= 0.6 is 43.0 Å². The molecule has 6 atom stereocenters. The molecule has 5 fully saturated rings. The number of halogens is 2. The Bertz CT molecular complexity index is 573. The fraction of sp³-hybridized carbons (Fsp3) is 0.846. The number of rotatable bonds is 3. The molecule has 2 saturated carbocycles. The van der Waals surface area contributed by atoms with Gasteiger partial charge in [-0.3, -0.25) is 0 Å². The minimum absolute atomic E-state index is 0.101. The maximum absolute atomic E-state index is 7.94. The topological polar surface area (TPSA) is 115 Å². The number of fused-ring (bicyclic) bond motifs is 6. The Morgan fingerprint density at radius 1 is 1.52 bits per heavy atom. The van der Waals surface area contributed by atoms with Crippen LogP contribution in [0.5, 0.6) is 0 Å². The molecule has 21 heavy (non-hydrogen) atoms. The number of alkyl halides is 2. The summed E-state index contributed by atoms with van der Waals surface area (Å²) in [7, 11) is 0. The van der Waals surface area contributed by atoms with Crippen molar-refractivity contribution in [2.45, 2.75) is 32.9 Å². The molecule has 5 N–H and O–H groups in total. The second-order valence-corrected chi connectivity index (χ2v) is 13.4. The van der Waals surface area contributed by atoms with E-state index < -0.39 is 20.4 Å². The Balaban J connectivity index is 1.38. The fourth-order valence-corrected chi connectivity index (χ4v) is 12.4. The van der Waals surface area contributed by atoms with E-state index in [2.05, 4.69) is 36.6 Å². The van der Waals surface area contributed by atoms with Gasteiger partial charge in [-0.1, -0.05) is 0 Å². The summed E-state index contributed by atoms with van der Waals surface area (Å²) >= 11 is 1.46. The van der Waals surface area contributed by atoms with Crippen molar-refractivity contribution in [3.05, 3.63) is 0 Å². The van der Waals surface area contributed by atoms with E-state index in [0.29, 0.717) is 35.6 Å². The van der Waals surface area contributed by atoms with Crippen molar-refractivity contribution in [1.82, 2.24) is 7.06 Å². The van der Waals surface area contributed by atoms with Crippen LogP contribution in [-0.2, 0) is 4.74 Å². The SMILES string of the molecule is CC(I)(C(N)=NC1CC2CC1C1COC(=N)C21)C12NI1N2. The van der Waals surface area contributed by atoms with Gasteiger partial charge in [0.25, 0.3) is 0 Å². The summed E-state index contributed by atoms with van der Waals surface area (Å²) in [5, 5.41) is 7.94. The summed E-state index contributed by atoms with van der Waals surface area (Å²) < 4.78 is 12.7. The van der Waals surface area contributed by atoms with E-state index in [1.807, 2.05) is 0 Å². The summed E-state index contributed by atoms with van der Waals surface area (Å²) in [6.45, 7) is 2.92. The molecule has 3 saturated heterocycles. The van der Waals surface area contributed by atoms with Crippen molar-refractivity contribution < 1.29 is 4.74 Å². The Labute approximate surface area is 145 Å². The van der Waals surface area contributed by atoms with Crippen LogP contribution in [0.1, 0.15) is 19.8 Å². The molecule has 8 heteroatoms. The van der Waals surface area contributed by atoms with Crippen LogP contribution in [0.15, 0.2) is 4.99 Å². The van der Waals surface area contributed by atoms with E-state index in [-0.39, 0.29) is 7.09 Å². The predicted octanol–water partition coefficient (Wildman–Crippen LogP) is 1.38. The summed E-state index contributed by atoms with van der Waals surface area (Å²) in [4.78, 5) is 4.95. The Morgan fingerprint density at radius 2 is 2.24 bits per heavy atom. The molecule has 5 rings (SSSR count). The molecule has 3 heterocycles. The van der Waals surface area contributed by atoms with Gasteiger partial charge in [-0.2, -0.15) is 0 Å². The maximum atomic E-state index is 7.94. The third-order valence-corrected chi connectivity index (χ3v) is 13.2. The van der Waals surface area contributed by atoms with Gasteiger partial charge in [-0.25, -0.2) is 0 Å². The van der Waals surface area contributed by atoms with Crippen LogP contribution in [-0.4, -0.2) is 31.5 Å². The van der Waals surface area contributed by atoms with Gasteiger partial charge >= 0.3 is 146 Å². The number of hydrogen-bond acceptors (Lipinski definition) is 5. The molecule has 3 aliphatic heterocycles. The van der Waals surface area contributed by atoms with Crippen molar-refractivity contribution in [2.75, 3.05) is 6.61 Å². The minimum atomic E-state index is -1.01. The zero-order valence-electron chi connectivity index (χ0n) is 11.7. The molecule has 6 nitrogen and oxygen atoms in total. The van der Waals surface area contributed by atoms with Crippen molar-refractivity contribution in [2.24, 2.45) is 34.4 Å². The zero-order chi connectivity index (χ0) is 14.6. The first kappa shape index (κ1) is 13.7. The van der Waals surface area contributed by atoms with Crippen molar-refractivity contribution in [1.29, 1.82) is 5.41 Å². The van der Waals surface area contributed by atoms with Crippen LogP contribution in [0.4, 0.5) is 0 Å². The van der Waals surface area contributed by atoms with E-state index in [1.54, 1.807) is 0 Å². The Kier molecular flexibility index (Phi) is 2.64. The molecule has 0 spiro atoms. The van der Waals surface area contributed by atoms with E-state index in [1.165, 1.54) is 6.42 Å². The third kappa shape index (κ3) is 1.65. The third-order valence-electron chi connectivity index (χ3n) is 5.96. The molecule has 2 bridgehead atoms. The predicted molar refractivity (Wildman–Crippen MR) is 97.7 cm³/mol. The summed E-state index contributed by atoms with van der Waals surface area (Å²) in [6, 6.07) is 0.344. The van der Waals surface area contributed by atoms with Gasteiger partial charge in [-0.05, 0) is 0 Å². The normalized spacial score (nSPS) is 49.4. The zero-order valence-corrected chi connectivity index (χ0v) is 16.0. The molecule has 0 aromatic heterocycles. The molecule has 2 aliphatic carbocycles. The Hall–Kier alpha value is 0.320. The van der Waals surface area contributed by atoms with Crippen molar-refractivity contribution in [3.8, 4) is 0 Å². The summed E-state index contributed by atoms with van der Waals surface area (Å²) in [5.74, 6) is 3.37. The van der Waals surface area contributed by atoms with Crippen LogP contribution in [0, 0.1) is 29.1 Å². The van der Waals surface area contributed by atoms with E-state index in [0.717, 1.165) is 18.9 Å². The van der Waals surface area contributed by atoms with Crippen LogP contribution in [0.3, 0.4) is 0 Å². The molecule has 0 aromatic carbocycles. The monoisotopic (exact) mass is 515 g/mol. The molecular formula is C13H19I2N5O. The Morgan fingerprint density at radius 3 is 2.90 bits per heavy atom. The van der Waals surface area contributed by atoms with Gasteiger partial charge in [0, 0.05) is 0 Å². The van der Waals surface area contributed by atoms with Gasteiger partial charge in [0.1, 0.15) is 0 Å². The van der Waals surface area contributed by atoms with Crippen LogP contribution in [0.25, 0.3) is 0 Å². The van der Waals surface area contributed by atoms with Crippen LogP contribution in [0.2, 0.25) is 0 Å². The summed E-state index contributed by atoms with van der Waals surface area (Å²) in [5.41, 5.74) is 6.39. The fourth-order valence-electron chi connectivity index (χ4n) is 4.58. The molecule has 6 unspecified atom stereocenters. The average Bonchev–Trinajstić information content (AvgIpc) is 3.12. The molecule has 0 amide bonds. The summed E-state index contributed by atoms with van der Waals surface area (Å²) in [6.07, 6.45) is 2.29. The first-order chi connectivity index (χ1) is 9.94. The van der Waals surface area contributed by atoms with Crippen molar-refractivity contribution >= 4 is 54.7 Å². The number of nitrogens with zero attached hydrogens (tertiary/aromatic N) is 1. The molecular weight excluding hydrogens is 496 g/mol. The van der Waals surface area contributed by atoms with E-state index in [9.17, 15) is 0 Å². The van der Waals surface area contributed by atoms with E-state index >= 15 is 0 Å². The standard InChI is InChI=1S/C13H19I2N5O/c1-12(14,13-15(19-13)20-13)11(17)18-8-3-5-2-6(8)7-4-21-10(16)9(5)7/h5-9,16,19-20H,2-4H2,1H3,(H2,17,18). The number of amidine groups is 1. The van der Waals surface area contributed by atoms with Crippen molar-refractivity contribution in [3.63, 3.8) is 0 Å². The van der Waals surface area contributed by atoms with Gasteiger partial charge in [-0.15, -0.1) is 0 Å². The molecule has 116 valence electrons. The average molecular weight is 515 g/mol. The van der Waals surface area contributed by atoms with Gasteiger partial charge < -0.3 is 0 Å². The van der Waals surface area contributed by atoms with E-state index in [4.69, 9.17) is 20.9 Å².